The zero-order valence-corrected chi connectivity index (χ0v) is 18.5. The molecule has 2 heterocycles. The smallest absolute Gasteiger partial charge is 0.251 e. The van der Waals surface area contributed by atoms with Gasteiger partial charge < -0.3 is 21.1 Å². The molecular formula is C24H24F2N6O2. The highest BCUT2D eigenvalue weighted by atomic mass is 19.2. The maximum Gasteiger partial charge on any atom is 0.251 e. The average molecular weight is 466 g/mol. The molecule has 0 unspecified atom stereocenters. The maximum atomic E-state index is 13.7. The van der Waals surface area contributed by atoms with Gasteiger partial charge >= 0.3 is 0 Å². The molecular weight excluding hydrogens is 442 g/mol. The first-order valence-corrected chi connectivity index (χ1v) is 10.7. The number of fused-ring (bicyclic) bond motifs is 1. The molecule has 10 heteroatoms. The third-order valence-electron chi connectivity index (χ3n) is 5.17. The summed E-state index contributed by atoms with van der Waals surface area (Å²) in [6.07, 6.45) is 4.85. The molecule has 0 saturated heterocycles. The van der Waals surface area contributed by atoms with Gasteiger partial charge in [0.05, 0.1) is 25.1 Å². The number of carbonyl (C=O) groups excluding carboxylic acids is 1. The monoisotopic (exact) mass is 466 g/mol. The fourth-order valence-corrected chi connectivity index (χ4v) is 3.53. The van der Waals surface area contributed by atoms with Gasteiger partial charge in [-0.15, -0.1) is 0 Å². The number of aromatic nitrogens is 3. The molecule has 0 saturated carbocycles. The highest BCUT2D eigenvalue weighted by Gasteiger charge is 2.14. The van der Waals surface area contributed by atoms with E-state index >= 15 is 0 Å². The molecule has 176 valence electrons. The Hall–Kier alpha value is -3.89. The summed E-state index contributed by atoms with van der Waals surface area (Å²) in [6.45, 7) is 3.53. The van der Waals surface area contributed by atoms with Crippen LogP contribution in [0.1, 0.15) is 15.9 Å². The molecule has 8 nitrogen and oxygen atoms in total. The number of halogens is 2. The molecule has 0 radical (unpaired) electrons. The van der Waals surface area contributed by atoms with Crippen LogP contribution in [-0.4, -0.2) is 46.6 Å². The maximum absolute atomic E-state index is 13.7. The van der Waals surface area contributed by atoms with Crippen molar-refractivity contribution >= 4 is 23.1 Å². The van der Waals surface area contributed by atoms with Crippen molar-refractivity contribution in [2.45, 2.75) is 6.92 Å². The number of imidazole rings is 1. The summed E-state index contributed by atoms with van der Waals surface area (Å²) in [5.74, 6) is -1.55. The summed E-state index contributed by atoms with van der Waals surface area (Å²) < 4.78 is 34.0. The predicted octanol–water partition coefficient (Wildman–Crippen LogP) is 3.43. The van der Waals surface area contributed by atoms with E-state index in [0.29, 0.717) is 54.6 Å². The summed E-state index contributed by atoms with van der Waals surface area (Å²) in [6, 6.07) is 9.04. The minimum Gasteiger partial charge on any atom is -0.378 e. The SMILES string of the molecule is Cc1cc(Nc2nccn3c(-c4ccc(F)c(F)c4)cnc23)ccc1C(=O)NCCOCCN. The van der Waals surface area contributed by atoms with Crippen molar-refractivity contribution in [1.82, 2.24) is 19.7 Å². The van der Waals surface area contributed by atoms with E-state index in [9.17, 15) is 13.6 Å². The lowest BCUT2D eigenvalue weighted by Crippen LogP contribution is -2.28. The second-order valence-corrected chi connectivity index (χ2v) is 7.55. The summed E-state index contributed by atoms with van der Waals surface area (Å²) in [5.41, 5.74) is 9.02. The van der Waals surface area contributed by atoms with Crippen molar-refractivity contribution in [3.05, 3.63) is 77.8 Å². The Labute approximate surface area is 194 Å². The minimum atomic E-state index is -0.928. The molecule has 34 heavy (non-hydrogen) atoms. The number of nitrogens with one attached hydrogen (secondary N) is 2. The Kier molecular flexibility index (Phi) is 7.09. The largest absolute Gasteiger partial charge is 0.378 e. The Morgan fingerprint density at radius 1 is 1.12 bits per heavy atom. The molecule has 0 aliphatic heterocycles. The number of nitrogens with zero attached hydrogens (tertiary/aromatic N) is 3. The van der Waals surface area contributed by atoms with Crippen LogP contribution in [0.25, 0.3) is 16.9 Å². The van der Waals surface area contributed by atoms with Crippen molar-refractivity contribution < 1.29 is 18.3 Å². The van der Waals surface area contributed by atoms with Gasteiger partial charge in [-0.05, 0) is 48.9 Å². The van der Waals surface area contributed by atoms with Crippen molar-refractivity contribution in [3.8, 4) is 11.3 Å². The number of rotatable bonds is 9. The number of hydrogen-bond acceptors (Lipinski definition) is 6. The van der Waals surface area contributed by atoms with Gasteiger partial charge in [-0.2, -0.15) is 0 Å². The molecule has 1 amide bonds. The molecule has 0 atom stereocenters. The van der Waals surface area contributed by atoms with Crippen LogP contribution in [0.4, 0.5) is 20.3 Å². The molecule has 0 bridgehead atoms. The molecule has 4 aromatic rings. The Morgan fingerprint density at radius 2 is 1.97 bits per heavy atom. The fourth-order valence-electron chi connectivity index (χ4n) is 3.53. The zero-order valence-electron chi connectivity index (χ0n) is 18.5. The van der Waals surface area contributed by atoms with E-state index in [4.69, 9.17) is 10.5 Å². The predicted molar refractivity (Wildman–Crippen MR) is 125 cm³/mol. The Morgan fingerprint density at radius 3 is 2.74 bits per heavy atom. The van der Waals surface area contributed by atoms with Gasteiger partial charge in [0.2, 0.25) is 0 Å². The van der Waals surface area contributed by atoms with Crippen LogP contribution in [0.5, 0.6) is 0 Å². The number of aryl methyl sites for hydroxylation is 1. The quantitative estimate of drug-likeness (QED) is 0.326. The first-order valence-electron chi connectivity index (χ1n) is 10.7. The number of benzene rings is 2. The van der Waals surface area contributed by atoms with E-state index in [2.05, 4.69) is 20.6 Å². The van der Waals surface area contributed by atoms with Crippen LogP contribution >= 0.6 is 0 Å². The normalized spacial score (nSPS) is 11.1. The van der Waals surface area contributed by atoms with E-state index in [0.717, 1.165) is 23.4 Å². The summed E-state index contributed by atoms with van der Waals surface area (Å²) in [7, 11) is 0. The lowest BCUT2D eigenvalue weighted by atomic mass is 10.1. The number of hydrogen-bond donors (Lipinski definition) is 3. The van der Waals surface area contributed by atoms with E-state index in [1.807, 2.05) is 13.0 Å². The van der Waals surface area contributed by atoms with Crippen LogP contribution < -0.4 is 16.4 Å². The van der Waals surface area contributed by atoms with E-state index in [-0.39, 0.29) is 5.91 Å². The summed E-state index contributed by atoms with van der Waals surface area (Å²) >= 11 is 0. The third kappa shape index (κ3) is 5.03. The Bertz CT molecular complexity index is 1320. The van der Waals surface area contributed by atoms with Gasteiger partial charge in [0.15, 0.2) is 23.1 Å². The lowest BCUT2D eigenvalue weighted by molar-refractivity contribution is 0.0919. The molecule has 0 spiro atoms. The highest BCUT2D eigenvalue weighted by Crippen LogP contribution is 2.27. The Balaban J connectivity index is 1.51. The van der Waals surface area contributed by atoms with Gasteiger partial charge in [-0.3, -0.25) is 9.20 Å². The van der Waals surface area contributed by atoms with Crippen LogP contribution in [0.3, 0.4) is 0 Å². The summed E-state index contributed by atoms with van der Waals surface area (Å²) in [4.78, 5) is 21.2. The number of amides is 1. The molecule has 2 aromatic carbocycles. The van der Waals surface area contributed by atoms with E-state index in [1.54, 1.807) is 35.1 Å². The van der Waals surface area contributed by atoms with Crippen molar-refractivity contribution in [2.24, 2.45) is 5.73 Å². The first kappa shape index (κ1) is 23.3. The van der Waals surface area contributed by atoms with Crippen LogP contribution in [0.15, 0.2) is 55.0 Å². The first-order chi connectivity index (χ1) is 16.5. The topological polar surface area (TPSA) is 107 Å². The van der Waals surface area contributed by atoms with E-state index < -0.39 is 11.6 Å². The van der Waals surface area contributed by atoms with Gasteiger partial charge in [-0.1, -0.05) is 0 Å². The number of ether oxygens (including phenoxy) is 1. The second kappa shape index (κ2) is 10.4. The molecule has 2 aromatic heterocycles. The van der Waals surface area contributed by atoms with Gasteiger partial charge in [0.1, 0.15) is 0 Å². The lowest BCUT2D eigenvalue weighted by Gasteiger charge is -2.12. The molecule has 4 N–H and O–H groups in total. The van der Waals surface area contributed by atoms with Crippen molar-refractivity contribution in [2.75, 3.05) is 31.6 Å². The third-order valence-corrected chi connectivity index (χ3v) is 5.17. The van der Waals surface area contributed by atoms with Gasteiger partial charge in [0.25, 0.3) is 5.91 Å². The minimum absolute atomic E-state index is 0.190. The standard InChI is InChI=1S/C24H24F2N6O2/c1-15-12-17(3-4-18(15)24(33)29-8-11-34-10-6-27)31-22-23-30-14-21(32(23)9-7-28-22)16-2-5-19(25)20(26)13-16/h2-5,7,9,12-14H,6,8,10-11,27H2,1H3,(H,28,31)(H,29,33). The van der Waals surface area contributed by atoms with E-state index in [1.165, 1.54) is 6.07 Å². The number of nitrogens with two attached hydrogens (primary N) is 1. The molecule has 0 fully saturated rings. The van der Waals surface area contributed by atoms with Gasteiger partial charge in [-0.25, -0.2) is 18.7 Å². The summed E-state index contributed by atoms with van der Waals surface area (Å²) in [5, 5.41) is 6.03. The second-order valence-electron chi connectivity index (χ2n) is 7.55. The van der Waals surface area contributed by atoms with Crippen molar-refractivity contribution in [1.29, 1.82) is 0 Å². The molecule has 0 aliphatic rings. The molecule has 0 aliphatic carbocycles. The fraction of sp³-hybridized carbons (Fsp3) is 0.208. The van der Waals surface area contributed by atoms with Gasteiger partial charge in [0, 0.05) is 42.3 Å². The van der Waals surface area contributed by atoms with Crippen LogP contribution in [0, 0.1) is 18.6 Å². The number of carbonyl (C=O) groups is 1. The van der Waals surface area contributed by atoms with Crippen LogP contribution in [-0.2, 0) is 4.74 Å². The number of anilines is 2. The van der Waals surface area contributed by atoms with Crippen molar-refractivity contribution in [3.63, 3.8) is 0 Å². The molecule has 4 rings (SSSR count). The van der Waals surface area contributed by atoms with Crippen LogP contribution in [0.2, 0.25) is 0 Å². The average Bonchev–Trinajstić information content (AvgIpc) is 3.26. The zero-order chi connectivity index (χ0) is 24.1. The highest BCUT2D eigenvalue weighted by molar-refractivity contribution is 5.96.